The van der Waals surface area contributed by atoms with E-state index < -0.39 is 6.17 Å². The molecular weight excluding hydrogens is 409 g/mol. The quantitative estimate of drug-likeness (QED) is 0.651. The minimum absolute atomic E-state index is 0.0238. The van der Waals surface area contributed by atoms with Crippen molar-refractivity contribution in [3.8, 4) is 17.1 Å². The summed E-state index contributed by atoms with van der Waals surface area (Å²) in [6.07, 6.45) is 0.788. The van der Waals surface area contributed by atoms with Crippen LogP contribution in [0.1, 0.15) is 24.0 Å². The van der Waals surface area contributed by atoms with Crippen molar-refractivity contribution in [2.75, 3.05) is 29.5 Å². The lowest BCUT2D eigenvalue weighted by atomic mass is 9.94. The Morgan fingerprint density at radius 2 is 1.69 bits per heavy atom. The maximum atomic E-state index is 13.7. The summed E-state index contributed by atoms with van der Waals surface area (Å²) in [7, 11) is 0. The van der Waals surface area contributed by atoms with Crippen LogP contribution in [0.3, 0.4) is 0 Å². The smallest absolute Gasteiger partial charge is 0.231 e. The number of aromatic nitrogens is 3. The minimum Gasteiger partial charge on any atom is -0.508 e. The maximum Gasteiger partial charge on any atom is 0.231 e. The van der Waals surface area contributed by atoms with E-state index in [2.05, 4.69) is 17.1 Å². The van der Waals surface area contributed by atoms with Crippen LogP contribution in [0.4, 0.5) is 16.3 Å². The third-order valence-electron chi connectivity index (χ3n) is 6.25. The van der Waals surface area contributed by atoms with Crippen molar-refractivity contribution < 1.29 is 14.6 Å². The molecule has 2 aliphatic heterocycles. The molecule has 3 aromatic rings. The molecular formula is C24H26FN5O2. The van der Waals surface area contributed by atoms with Gasteiger partial charge < -0.3 is 20.0 Å². The number of aromatic hydroxyl groups is 1. The molecule has 0 spiro atoms. The lowest BCUT2D eigenvalue weighted by Gasteiger charge is -2.36. The zero-order chi connectivity index (χ0) is 22.1. The van der Waals surface area contributed by atoms with Crippen molar-refractivity contribution in [1.82, 2.24) is 15.0 Å². The van der Waals surface area contributed by atoms with Gasteiger partial charge in [0.05, 0.1) is 12.6 Å². The van der Waals surface area contributed by atoms with Crippen molar-refractivity contribution >= 4 is 11.9 Å². The van der Waals surface area contributed by atoms with Gasteiger partial charge in [-0.05, 0) is 42.5 Å². The van der Waals surface area contributed by atoms with Crippen LogP contribution in [0.15, 0.2) is 48.5 Å². The van der Waals surface area contributed by atoms with Gasteiger partial charge in [0.25, 0.3) is 0 Å². The molecule has 7 nitrogen and oxygen atoms in total. The highest BCUT2D eigenvalue weighted by Gasteiger charge is 2.29. The van der Waals surface area contributed by atoms with Crippen molar-refractivity contribution in [3.05, 3.63) is 59.7 Å². The number of benzene rings is 2. The molecule has 5 rings (SSSR count). The number of phenols is 1. The number of aliphatic hydroxyl groups is 1. The number of rotatable bonds is 4. The standard InChI is InChI=1S/C24H26FN5O2/c25-19-8-10-29(11-9-19)23-26-22(17-6-3-7-21(32)13-17)27-24(28-23)30-14-18-5-2-1-4-16(18)12-20(30)15-31/h1-7,13,19-20,31-32H,8-12,14-15H2/t20-/m1/s1. The van der Waals surface area contributed by atoms with Gasteiger partial charge in [-0.3, -0.25) is 0 Å². The number of halogens is 1. The number of piperidine rings is 1. The molecule has 2 aliphatic rings. The van der Waals surface area contributed by atoms with Crippen LogP contribution >= 0.6 is 0 Å². The average molecular weight is 436 g/mol. The molecule has 1 atom stereocenters. The SMILES string of the molecule is OC[C@H]1Cc2ccccc2CN1c1nc(-c2cccc(O)c2)nc(N2CCC(F)CC2)n1. The first-order valence-electron chi connectivity index (χ1n) is 11.0. The van der Waals surface area contributed by atoms with Gasteiger partial charge in [-0.25, -0.2) is 4.39 Å². The number of aliphatic hydroxyl groups excluding tert-OH is 1. The van der Waals surface area contributed by atoms with Crippen LogP contribution in [0.2, 0.25) is 0 Å². The zero-order valence-corrected chi connectivity index (χ0v) is 17.7. The number of hydrogen-bond acceptors (Lipinski definition) is 7. The highest BCUT2D eigenvalue weighted by molar-refractivity contribution is 5.61. The Morgan fingerprint density at radius 3 is 2.44 bits per heavy atom. The predicted octanol–water partition coefficient (Wildman–Crippen LogP) is 3.11. The van der Waals surface area contributed by atoms with E-state index in [1.807, 2.05) is 28.0 Å². The lowest BCUT2D eigenvalue weighted by Crippen LogP contribution is -2.44. The van der Waals surface area contributed by atoms with E-state index in [9.17, 15) is 14.6 Å². The number of nitrogens with zero attached hydrogens (tertiary/aromatic N) is 5. The molecule has 2 aromatic carbocycles. The molecule has 0 unspecified atom stereocenters. The van der Waals surface area contributed by atoms with Crippen LogP contribution in [0.25, 0.3) is 11.4 Å². The molecule has 0 aliphatic carbocycles. The van der Waals surface area contributed by atoms with Gasteiger partial charge in [0.1, 0.15) is 11.9 Å². The molecule has 0 radical (unpaired) electrons. The van der Waals surface area contributed by atoms with Gasteiger partial charge in [-0.1, -0.05) is 36.4 Å². The highest BCUT2D eigenvalue weighted by Crippen LogP contribution is 2.30. The number of anilines is 2. The average Bonchev–Trinajstić information content (AvgIpc) is 2.83. The van der Waals surface area contributed by atoms with Gasteiger partial charge in [0.2, 0.25) is 11.9 Å². The second kappa shape index (κ2) is 8.70. The Hall–Kier alpha value is -3.26. The number of hydrogen-bond donors (Lipinski definition) is 2. The Kier molecular flexibility index (Phi) is 5.61. The second-order valence-corrected chi connectivity index (χ2v) is 8.41. The normalized spacial score (nSPS) is 19.1. The van der Waals surface area contributed by atoms with E-state index >= 15 is 0 Å². The number of phenolic OH excluding ortho intramolecular Hbond substituents is 1. The van der Waals surface area contributed by atoms with Crippen molar-refractivity contribution in [1.29, 1.82) is 0 Å². The first-order valence-corrected chi connectivity index (χ1v) is 11.0. The molecule has 3 heterocycles. The third-order valence-corrected chi connectivity index (χ3v) is 6.25. The summed E-state index contributed by atoms with van der Waals surface area (Å²) < 4.78 is 13.7. The summed E-state index contributed by atoms with van der Waals surface area (Å²) in [6, 6.07) is 14.8. The maximum absolute atomic E-state index is 13.7. The number of alkyl halides is 1. The van der Waals surface area contributed by atoms with Gasteiger partial charge >= 0.3 is 0 Å². The van der Waals surface area contributed by atoms with E-state index in [0.29, 0.717) is 62.2 Å². The van der Waals surface area contributed by atoms with Gasteiger partial charge in [-0.15, -0.1) is 0 Å². The summed E-state index contributed by atoms with van der Waals surface area (Å²) in [5, 5.41) is 20.1. The topological polar surface area (TPSA) is 85.6 Å². The highest BCUT2D eigenvalue weighted by atomic mass is 19.1. The Morgan fingerprint density at radius 1 is 0.938 bits per heavy atom. The van der Waals surface area contributed by atoms with Crippen LogP contribution in [-0.2, 0) is 13.0 Å². The monoisotopic (exact) mass is 435 g/mol. The second-order valence-electron chi connectivity index (χ2n) is 8.41. The van der Waals surface area contributed by atoms with Crippen LogP contribution in [-0.4, -0.2) is 57.1 Å². The molecule has 2 N–H and O–H groups in total. The first-order chi connectivity index (χ1) is 15.6. The molecule has 0 amide bonds. The fraction of sp³-hybridized carbons (Fsp3) is 0.375. The lowest BCUT2D eigenvalue weighted by molar-refractivity contribution is 0.252. The van der Waals surface area contributed by atoms with E-state index in [4.69, 9.17) is 9.97 Å². The fourth-order valence-electron chi connectivity index (χ4n) is 4.43. The zero-order valence-electron chi connectivity index (χ0n) is 17.7. The van der Waals surface area contributed by atoms with Gasteiger partial charge in [0.15, 0.2) is 5.82 Å². The summed E-state index contributed by atoms with van der Waals surface area (Å²) >= 11 is 0. The Labute approximate surface area is 186 Å². The van der Waals surface area contributed by atoms with Gasteiger partial charge in [-0.2, -0.15) is 15.0 Å². The predicted molar refractivity (Wildman–Crippen MR) is 120 cm³/mol. The van der Waals surface area contributed by atoms with Crippen LogP contribution < -0.4 is 9.80 Å². The van der Waals surface area contributed by atoms with E-state index in [-0.39, 0.29) is 18.4 Å². The Balaban J connectivity index is 1.57. The Bertz CT molecular complexity index is 1100. The van der Waals surface area contributed by atoms with Crippen molar-refractivity contribution in [3.63, 3.8) is 0 Å². The molecule has 1 saturated heterocycles. The van der Waals surface area contributed by atoms with E-state index in [1.165, 1.54) is 11.1 Å². The van der Waals surface area contributed by atoms with Crippen molar-refractivity contribution in [2.45, 2.75) is 38.0 Å². The molecule has 1 fully saturated rings. The summed E-state index contributed by atoms with van der Waals surface area (Å²) in [4.78, 5) is 18.2. The first kappa shape index (κ1) is 20.6. The minimum atomic E-state index is -0.796. The van der Waals surface area contributed by atoms with E-state index in [0.717, 1.165) is 0 Å². The van der Waals surface area contributed by atoms with Crippen LogP contribution in [0, 0.1) is 0 Å². The molecule has 32 heavy (non-hydrogen) atoms. The molecule has 0 bridgehead atoms. The molecule has 0 saturated carbocycles. The van der Waals surface area contributed by atoms with Crippen LogP contribution in [0.5, 0.6) is 5.75 Å². The molecule has 8 heteroatoms. The van der Waals surface area contributed by atoms with Crippen molar-refractivity contribution in [2.24, 2.45) is 0 Å². The summed E-state index contributed by atoms with van der Waals surface area (Å²) in [5.41, 5.74) is 3.07. The fourth-order valence-corrected chi connectivity index (χ4v) is 4.43. The third kappa shape index (κ3) is 4.10. The largest absolute Gasteiger partial charge is 0.508 e. The number of fused-ring (bicyclic) bond motifs is 1. The van der Waals surface area contributed by atoms with E-state index in [1.54, 1.807) is 18.2 Å². The molecule has 1 aromatic heterocycles. The molecule has 166 valence electrons. The summed E-state index contributed by atoms with van der Waals surface area (Å²) in [5.74, 6) is 1.54. The summed E-state index contributed by atoms with van der Waals surface area (Å²) in [6.45, 7) is 1.63. The van der Waals surface area contributed by atoms with Gasteiger partial charge in [0, 0.05) is 25.2 Å².